The number of ether oxygens (including phenoxy) is 4. The lowest BCUT2D eigenvalue weighted by Crippen LogP contribution is -2.44. The lowest BCUT2D eigenvalue weighted by atomic mass is 10.0. The first kappa shape index (κ1) is 40.8. The van der Waals surface area contributed by atoms with E-state index in [1.807, 2.05) is 81.1 Å². The summed E-state index contributed by atoms with van der Waals surface area (Å²) in [5.41, 5.74) is 4.12. The number of likely N-dealkylation sites (N-methyl/N-ethyl adjacent to an activating group) is 1. The molecule has 0 aliphatic carbocycles. The van der Waals surface area contributed by atoms with Crippen molar-refractivity contribution in [1.82, 2.24) is 24.7 Å². The van der Waals surface area contributed by atoms with E-state index in [2.05, 4.69) is 32.1 Å². The maximum Gasteiger partial charge on any atom is 0.425 e. The normalized spacial score (nSPS) is 13.2. The van der Waals surface area contributed by atoms with Crippen molar-refractivity contribution in [3.63, 3.8) is 0 Å². The number of rotatable bonds is 17. The van der Waals surface area contributed by atoms with Gasteiger partial charge in [0.15, 0.2) is 11.5 Å². The van der Waals surface area contributed by atoms with Gasteiger partial charge in [0.2, 0.25) is 11.7 Å². The molecule has 0 unspecified atom stereocenters. The van der Waals surface area contributed by atoms with E-state index >= 15 is 0 Å². The zero-order valence-corrected chi connectivity index (χ0v) is 33.3. The molecule has 0 saturated carbocycles. The molecule has 13 nitrogen and oxygen atoms in total. The van der Waals surface area contributed by atoms with E-state index in [-0.39, 0.29) is 12.3 Å². The first-order valence-electron chi connectivity index (χ1n) is 19.0. The molecule has 4 aromatic rings. The molecule has 1 aliphatic rings. The summed E-state index contributed by atoms with van der Waals surface area (Å²) in [4.78, 5) is 44.2. The van der Waals surface area contributed by atoms with Gasteiger partial charge in [-0.2, -0.15) is 0 Å². The van der Waals surface area contributed by atoms with Crippen molar-refractivity contribution in [2.75, 3.05) is 83.9 Å². The zero-order chi connectivity index (χ0) is 39.3. The van der Waals surface area contributed by atoms with Gasteiger partial charge in [0, 0.05) is 76.3 Å². The Labute approximate surface area is 325 Å². The highest BCUT2D eigenvalue weighted by atomic mass is 16.6. The number of benzene rings is 3. The number of hydrogen-bond acceptors (Lipinski definition) is 11. The molecule has 0 radical (unpaired) electrons. The van der Waals surface area contributed by atoms with Crippen LogP contribution in [0.5, 0.6) is 23.0 Å². The molecule has 3 aromatic carbocycles. The van der Waals surface area contributed by atoms with E-state index in [1.54, 1.807) is 26.5 Å². The van der Waals surface area contributed by atoms with Crippen LogP contribution in [0.25, 0.3) is 0 Å². The van der Waals surface area contributed by atoms with E-state index in [9.17, 15) is 9.59 Å². The number of hydrogen-bond donors (Lipinski definition) is 1. The Morgan fingerprint density at radius 3 is 2.25 bits per heavy atom. The number of piperazine rings is 1. The quantitative estimate of drug-likeness (QED) is 0.112. The summed E-state index contributed by atoms with van der Waals surface area (Å²) in [6, 6.07) is 16.7. The first-order valence-corrected chi connectivity index (χ1v) is 19.0. The van der Waals surface area contributed by atoms with Gasteiger partial charge in [0.05, 0.1) is 32.2 Å². The standard InChI is InChI=1S/C42H55N7O6/c1-8-48(9-2)38(50)18-17-32-15-11-16-34(49(37-19-20-43-29-44-37)42(51)55-40-30(3)13-10-14-31(40)4)39(32)45-33-27-35(52-6)41(53-7)36(28-33)54-26-12-21-47-24-22-46(5)23-25-47/h10-11,13-16,19-20,27-29,45H,8-9,12,17-18,21-26H2,1-7H3. The lowest BCUT2D eigenvalue weighted by molar-refractivity contribution is -0.130. The zero-order valence-electron chi connectivity index (χ0n) is 33.3. The van der Waals surface area contributed by atoms with E-state index in [0.29, 0.717) is 72.0 Å². The number of anilines is 4. The number of aryl methyl sites for hydroxylation is 3. The Kier molecular flexibility index (Phi) is 14.7. The molecule has 55 heavy (non-hydrogen) atoms. The van der Waals surface area contributed by atoms with Crippen LogP contribution in [0.2, 0.25) is 0 Å². The van der Waals surface area contributed by atoms with Gasteiger partial charge in [-0.05, 0) is 76.4 Å². The van der Waals surface area contributed by atoms with Crippen LogP contribution in [0.3, 0.4) is 0 Å². The molecule has 1 saturated heterocycles. The average molecular weight is 754 g/mol. The number of aromatic nitrogens is 2. The summed E-state index contributed by atoms with van der Waals surface area (Å²) in [5, 5.41) is 3.58. The van der Waals surface area contributed by atoms with Crippen molar-refractivity contribution in [2.24, 2.45) is 0 Å². The Morgan fingerprint density at radius 2 is 1.60 bits per heavy atom. The van der Waals surface area contributed by atoms with Crippen molar-refractivity contribution in [2.45, 2.75) is 47.0 Å². The molecule has 0 bridgehead atoms. The smallest absolute Gasteiger partial charge is 0.425 e. The molecule has 1 fully saturated rings. The van der Waals surface area contributed by atoms with Gasteiger partial charge < -0.3 is 39.0 Å². The predicted molar refractivity (Wildman–Crippen MR) is 216 cm³/mol. The van der Waals surface area contributed by atoms with E-state index in [4.69, 9.17) is 18.9 Å². The highest BCUT2D eigenvalue weighted by Gasteiger charge is 2.28. The molecule has 0 spiro atoms. The van der Waals surface area contributed by atoms with E-state index in [1.165, 1.54) is 11.2 Å². The van der Waals surface area contributed by atoms with Crippen LogP contribution in [0.4, 0.5) is 27.7 Å². The van der Waals surface area contributed by atoms with Crippen molar-refractivity contribution in [1.29, 1.82) is 0 Å². The Hall–Kier alpha value is -5.40. The van der Waals surface area contributed by atoms with Crippen LogP contribution in [0.1, 0.15) is 43.4 Å². The second-order valence-electron chi connectivity index (χ2n) is 13.6. The molecule has 13 heteroatoms. The number of carbonyl (C=O) groups is 2. The van der Waals surface area contributed by atoms with Crippen molar-refractivity contribution < 1.29 is 28.5 Å². The fourth-order valence-corrected chi connectivity index (χ4v) is 6.72. The second kappa shape index (κ2) is 19.8. The summed E-state index contributed by atoms with van der Waals surface area (Å²) in [7, 11) is 5.32. The van der Waals surface area contributed by atoms with E-state index in [0.717, 1.165) is 55.8 Å². The van der Waals surface area contributed by atoms with Crippen molar-refractivity contribution in [3.05, 3.63) is 83.8 Å². The topological polar surface area (TPSA) is 122 Å². The Bertz CT molecular complexity index is 1860. The molecule has 5 rings (SSSR count). The molecule has 1 aliphatic heterocycles. The molecule has 2 amide bonds. The number of nitrogens with one attached hydrogen (secondary N) is 1. The number of amides is 2. The van der Waals surface area contributed by atoms with Crippen LogP contribution in [0, 0.1) is 13.8 Å². The van der Waals surface area contributed by atoms with Crippen molar-refractivity contribution >= 4 is 34.9 Å². The lowest BCUT2D eigenvalue weighted by Gasteiger charge is -2.32. The van der Waals surface area contributed by atoms with Crippen LogP contribution >= 0.6 is 0 Å². The molecular weight excluding hydrogens is 699 g/mol. The van der Waals surface area contributed by atoms with Gasteiger partial charge in [-0.25, -0.2) is 19.7 Å². The third kappa shape index (κ3) is 10.4. The summed E-state index contributed by atoms with van der Waals surface area (Å²) in [6.45, 7) is 14.6. The van der Waals surface area contributed by atoms with Gasteiger partial charge in [0.25, 0.3) is 0 Å². The third-order valence-electron chi connectivity index (χ3n) is 9.86. The average Bonchev–Trinajstić information content (AvgIpc) is 3.19. The number of carbonyl (C=O) groups excluding carboxylic acids is 2. The second-order valence-corrected chi connectivity index (χ2v) is 13.6. The largest absolute Gasteiger partial charge is 0.493 e. The molecule has 2 heterocycles. The Morgan fingerprint density at radius 1 is 0.891 bits per heavy atom. The number of nitrogens with zero attached hydrogens (tertiary/aromatic N) is 6. The van der Waals surface area contributed by atoms with Crippen LogP contribution in [-0.4, -0.2) is 110 Å². The highest BCUT2D eigenvalue weighted by molar-refractivity contribution is 6.01. The molecule has 294 valence electrons. The maximum absolute atomic E-state index is 14.4. The van der Waals surface area contributed by atoms with Gasteiger partial charge >= 0.3 is 6.09 Å². The summed E-state index contributed by atoms with van der Waals surface area (Å²) < 4.78 is 24.0. The summed E-state index contributed by atoms with van der Waals surface area (Å²) >= 11 is 0. The third-order valence-corrected chi connectivity index (χ3v) is 9.86. The number of methoxy groups -OCH3 is 2. The summed E-state index contributed by atoms with van der Waals surface area (Å²) in [6.07, 6.45) is 3.81. The van der Waals surface area contributed by atoms with Gasteiger partial charge in [-0.1, -0.05) is 30.3 Å². The van der Waals surface area contributed by atoms with Crippen LogP contribution < -0.4 is 29.2 Å². The van der Waals surface area contributed by atoms with Crippen molar-refractivity contribution in [3.8, 4) is 23.0 Å². The Balaban J connectivity index is 1.54. The van der Waals surface area contributed by atoms with E-state index < -0.39 is 6.09 Å². The van der Waals surface area contributed by atoms with Crippen LogP contribution in [0.15, 0.2) is 67.1 Å². The molecular formula is C42H55N7O6. The van der Waals surface area contributed by atoms with Gasteiger partial charge in [-0.15, -0.1) is 0 Å². The molecule has 1 N–H and O–H groups in total. The van der Waals surface area contributed by atoms with Gasteiger partial charge in [-0.3, -0.25) is 4.79 Å². The minimum Gasteiger partial charge on any atom is -0.493 e. The SMILES string of the molecule is CCN(CC)C(=O)CCc1cccc(N(C(=O)Oc2c(C)cccc2C)c2ccncn2)c1Nc1cc(OC)c(OC)c(OCCCN2CCN(C)CC2)c1. The molecule has 1 aromatic heterocycles. The fourth-order valence-electron chi connectivity index (χ4n) is 6.72. The van der Waals surface area contributed by atoms with Gasteiger partial charge in [0.1, 0.15) is 17.9 Å². The monoisotopic (exact) mass is 753 g/mol. The maximum atomic E-state index is 14.4. The highest BCUT2D eigenvalue weighted by Crippen LogP contribution is 2.43. The predicted octanol–water partition coefficient (Wildman–Crippen LogP) is 7.01. The minimum absolute atomic E-state index is 0.0434. The summed E-state index contributed by atoms with van der Waals surface area (Å²) in [5.74, 6) is 2.28. The first-order chi connectivity index (χ1) is 26.7. The molecule has 0 atom stereocenters. The van der Waals surface area contributed by atoms with Crippen LogP contribution in [-0.2, 0) is 11.2 Å². The fraction of sp³-hybridized carbons (Fsp3) is 0.429. The minimum atomic E-state index is -0.660. The number of para-hydroxylation sites is 2.